The molecule has 0 aliphatic rings. The van der Waals surface area contributed by atoms with Crippen molar-refractivity contribution in [3.63, 3.8) is 0 Å². The highest BCUT2D eigenvalue weighted by atomic mass is 35.5. The first kappa shape index (κ1) is 13.0. The number of rotatable bonds is 5. The number of Topliss-reactive ketones (excluding diaryl/α,β-unsaturated/α-hetero) is 1. The number of carbonyl (C=O) groups is 2. The molecule has 0 bridgehead atoms. The van der Waals surface area contributed by atoms with Crippen LogP contribution in [0.1, 0.15) is 19.3 Å². The Morgan fingerprint density at radius 3 is 2.18 bits per heavy atom. The summed E-state index contributed by atoms with van der Waals surface area (Å²) in [5.74, 6) is -2.08. The van der Waals surface area contributed by atoms with Gasteiger partial charge in [0.25, 0.3) is 0 Å². The molecule has 4 nitrogen and oxygen atoms in total. The molecule has 0 aromatic rings. The van der Waals surface area contributed by atoms with Gasteiger partial charge in [0.15, 0.2) is 0 Å². The lowest BCUT2D eigenvalue weighted by molar-refractivity contribution is -0.149. The smallest absolute Gasteiger partial charge is 0.372 e. The molecule has 0 spiro atoms. The molecule has 0 aromatic heterocycles. The van der Waals surface area contributed by atoms with E-state index in [9.17, 15) is 9.59 Å². The second-order valence-corrected chi connectivity index (χ2v) is 1.97. The van der Waals surface area contributed by atoms with Crippen molar-refractivity contribution in [1.29, 1.82) is 0 Å². The number of halogens is 1. The molecule has 66 valence electrons. The van der Waals surface area contributed by atoms with E-state index < -0.39 is 11.8 Å². The zero-order chi connectivity index (χ0) is 7.98. The van der Waals surface area contributed by atoms with Crippen molar-refractivity contribution >= 4 is 24.2 Å². The minimum absolute atomic E-state index is 0. The van der Waals surface area contributed by atoms with Crippen LogP contribution in [0, 0.1) is 0 Å². The lowest BCUT2D eigenvalue weighted by Crippen LogP contribution is -2.12. The van der Waals surface area contributed by atoms with E-state index in [1.165, 1.54) is 0 Å². The second kappa shape index (κ2) is 7.50. The van der Waals surface area contributed by atoms with E-state index in [0.29, 0.717) is 19.4 Å². The molecule has 0 saturated carbocycles. The van der Waals surface area contributed by atoms with Gasteiger partial charge in [-0.3, -0.25) is 4.79 Å². The highest BCUT2D eigenvalue weighted by molar-refractivity contribution is 6.32. The quantitative estimate of drug-likeness (QED) is 0.469. The molecule has 11 heavy (non-hydrogen) atoms. The summed E-state index contributed by atoms with van der Waals surface area (Å²) in [6.07, 6.45) is 1.38. The van der Waals surface area contributed by atoms with Crippen LogP contribution in [0.25, 0.3) is 0 Å². The first-order valence-corrected chi connectivity index (χ1v) is 3.14. The minimum Gasteiger partial charge on any atom is -0.476 e. The van der Waals surface area contributed by atoms with Crippen LogP contribution >= 0.6 is 12.4 Å². The average Bonchev–Trinajstić information content (AvgIpc) is 1.88. The number of carboxylic acid groups (broad SMARTS) is 1. The maximum Gasteiger partial charge on any atom is 0.372 e. The normalized spacial score (nSPS) is 8.45. The van der Waals surface area contributed by atoms with E-state index in [2.05, 4.69) is 0 Å². The molecule has 0 amide bonds. The minimum atomic E-state index is -1.35. The SMILES string of the molecule is Cl.NCCCCC(=O)C(=O)O. The lowest BCUT2D eigenvalue weighted by atomic mass is 10.2. The summed E-state index contributed by atoms with van der Waals surface area (Å²) >= 11 is 0. The van der Waals surface area contributed by atoms with Gasteiger partial charge in [-0.2, -0.15) is 0 Å². The van der Waals surface area contributed by atoms with Gasteiger partial charge in [-0.15, -0.1) is 12.4 Å². The van der Waals surface area contributed by atoms with Crippen LogP contribution in [0.2, 0.25) is 0 Å². The molecule has 0 aliphatic heterocycles. The van der Waals surface area contributed by atoms with Gasteiger partial charge in [-0.1, -0.05) is 0 Å². The topological polar surface area (TPSA) is 80.4 Å². The zero-order valence-corrected chi connectivity index (χ0v) is 6.89. The van der Waals surface area contributed by atoms with Crippen LogP contribution in [0.3, 0.4) is 0 Å². The van der Waals surface area contributed by atoms with Crippen LogP contribution in [0.4, 0.5) is 0 Å². The first-order valence-electron chi connectivity index (χ1n) is 3.14. The van der Waals surface area contributed by atoms with Crippen molar-refractivity contribution in [1.82, 2.24) is 0 Å². The van der Waals surface area contributed by atoms with Crippen molar-refractivity contribution in [3.8, 4) is 0 Å². The number of aliphatic carboxylic acids is 1. The Balaban J connectivity index is 0. The standard InChI is InChI=1S/C6H11NO3.ClH/c7-4-2-1-3-5(8)6(9)10;/h1-4,7H2,(H,9,10);1H. The van der Waals surface area contributed by atoms with Gasteiger partial charge in [0.05, 0.1) is 0 Å². The molecule has 0 fully saturated rings. The molecule has 0 aromatic carbocycles. The predicted molar refractivity (Wildman–Crippen MR) is 42.8 cm³/mol. The number of carboxylic acids is 1. The molecule has 5 heteroatoms. The number of ketones is 1. The third-order valence-corrected chi connectivity index (χ3v) is 1.10. The highest BCUT2D eigenvalue weighted by Crippen LogP contribution is 1.94. The molecule has 3 N–H and O–H groups in total. The van der Waals surface area contributed by atoms with Crippen molar-refractivity contribution in [2.24, 2.45) is 5.73 Å². The van der Waals surface area contributed by atoms with Gasteiger partial charge in [0.1, 0.15) is 0 Å². The van der Waals surface area contributed by atoms with E-state index in [1.54, 1.807) is 0 Å². The second-order valence-electron chi connectivity index (χ2n) is 1.97. The summed E-state index contributed by atoms with van der Waals surface area (Å²) in [4.78, 5) is 20.3. The molecule has 0 heterocycles. The summed E-state index contributed by atoms with van der Waals surface area (Å²) in [6, 6.07) is 0. The van der Waals surface area contributed by atoms with Gasteiger partial charge in [0, 0.05) is 6.42 Å². The van der Waals surface area contributed by atoms with Crippen LogP contribution in [-0.4, -0.2) is 23.4 Å². The molecule has 0 aliphatic carbocycles. The summed E-state index contributed by atoms with van der Waals surface area (Å²) in [5.41, 5.74) is 5.13. The van der Waals surface area contributed by atoms with E-state index in [0.717, 1.165) is 0 Å². The van der Waals surface area contributed by atoms with Crippen molar-refractivity contribution < 1.29 is 14.7 Å². The fraction of sp³-hybridized carbons (Fsp3) is 0.667. The van der Waals surface area contributed by atoms with Crippen molar-refractivity contribution in [2.75, 3.05) is 6.54 Å². The Bertz CT molecular complexity index is 138. The Kier molecular flexibility index (Phi) is 8.87. The third-order valence-electron chi connectivity index (χ3n) is 1.10. The van der Waals surface area contributed by atoms with E-state index in [1.807, 2.05) is 0 Å². The lowest BCUT2D eigenvalue weighted by Gasteiger charge is -1.92. The van der Waals surface area contributed by atoms with Gasteiger partial charge >= 0.3 is 5.97 Å². The molecular weight excluding hydrogens is 170 g/mol. The van der Waals surface area contributed by atoms with Crippen LogP contribution < -0.4 is 5.73 Å². The van der Waals surface area contributed by atoms with Crippen molar-refractivity contribution in [2.45, 2.75) is 19.3 Å². The highest BCUT2D eigenvalue weighted by Gasteiger charge is 2.08. The number of carbonyl (C=O) groups excluding carboxylic acids is 1. The summed E-state index contributed by atoms with van der Waals surface area (Å²) in [6.45, 7) is 0.507. The molecule has 0 saturated heterocycles. The largest absolute Gasteiger partial charge is 0.476 e. The Hall–Kier alpha value is -0.610. The van der Waals surface area contributed by atoms with Gasteiger partial charge in [0.2, 0.25) is 5.78 Å². The zero-order valence-electron chi connectivity index (χ0n) is 6.08. The summed E-state index contributed by atoms with van der Waals surface area (Å²) in [7, 11) is 0. The van der Waals surface area contributed by atoms with Crippen molar-refractivity contribution in [3.05, 3.63) is 0 Å². The Morgan fingerprint density at radius 1 is 1.27 bits per heavy atom. The summed E-state index contributed by atoms with van der Waals surface area (Å²) in [5, 5.41) is 8.10. The number of nitrogens with two attached hydrogens (primary N) is 1. The molecule has 0 atom stereocenters. The molecule has 0 radical (unpaired) electrons. The Morgan fingerprint density at radius 2 is 1.82 bits per heavy atom. The van der Waals surface area contributed by atoms with Gasteiger partial charge in [-0.05, 0) is 19.4 Å². The van der Waals surface area contributed by atoms with Crippen LogP contribution in [0.15, 0.2) is 0 Å². The van der Waals surface area contributed by atoms with Crippen LogP contribution in [0.5, 0.6) is 0 Å². The molecule has 0 unspecified atom stereocenters. The third kappa shape index (κ3) is 7.29. The molecule has 0 rings (SSSR count). The Labute approximate surface area is 71.2 Å². The number of unbranched alkanes of at least 4 members (excludes halogenated alkanes) is 1. The van der Waals surface area contributed by atoms with E-state index in [-0.39, 0.29) is 18.8 Å². The fourth-order valence-corrected chi connectivity index (χ4v) is 0.537. The average molecular weight is 182 g/mol. The number of hydrogen-bond acceptors (Lipinski definition) is 3. The monoisotopic (exact) mass is 181 g/mol. The maximum absolute atomic E-state index is 10.4. The van der Waals surface area contributed by atoms with Crippen LogP contribution in [-0.2, 0) is 9.59 Å². The summed E-state index contributed by atoms with van der Waals surface area (Å²) < 4.78 is 0. The maximum atomic E-state index is 10.4. The molecular formula is C6H12ClNO3. The predicted octanol–water partition coefficient (Wildman–Crippen LogP) is 0.191. The fourth-order valence-electron chi connectivity index (χ4n) is 0.537. The first-order chi connectivity index (χ1) is 4.68. The van der Waals surface area contributed by atoms with Gasteiger partial charge < -0.3 is 10.8 Å². The van der Waals surface area contributed by atoms with E-state index >= 15 is 0 Å². The number of hydrogen-bond donors (Lipinski definition) is 2. The van der Waals surface area contributed by atoms with E-state index in [4.69, 9.17) is 10.8 Å². The van der Waals surface area contributed by atoms with Gasteiger partial charge in [-0.25, -0.2) is 4.79 Å².